The van der Waals surface area contributed by atoms with E-state index < -0.39 is 38.2 Å². The molecule has 0 aliphatic heterocycles. The van der Waals surface area contributed by atoms with Crippen LogP contribution < -0.4 is 5.23 Å². The van der Waals surface area contributed by atoms with Crippen LogP contribution in [0.1, 0.15) is 34.9 Å². The minimum Gasteiger partial charge on any atom is -0.595 e. The van der Waals surface area contributed by atoms with Crippen molar-refractivity contribution in [2.45, 2.75) is 23.7 Å². The summed E-state index contributed by atoms with van der Waals surface area (Å²) in [4.78, 5) is 26.6. The molecule has 2 aromatic rings. The van der Waals surface area contributed by atoms with Gasteiger partial charge in [-0.2, -0.15) is 10.0 Å². The topological polar surface area (TPSA) is 160 Å². The first-order chi connectivity index (χ1) is 12.6. The lowest BCUT2D eigenvalue weighted by molar-refractivity contribution is -0.991. The van der Waals surface area contributed by atoms with Crippen LogP contribution in [0.5, 0.6) is 0 Å². The number of quaternary nitrogens is 1. The average Bonchev–Trinajstić information content (AvgIpc) is 3.36. The van der Waals surface area contributed by atoms with Crippen LogP contribution >= 0.6 is 0 Å². The molecule has 1 saturated carbocycles. The molecule has 0 radical (unpaired) electrons. The maximum atomic E-state index is 13.1. The number of Topliss-reactive ketones (excluding diaryl/α,β-unsaturated/α-hetero) is 2. The van der Waals surface area contributed by atoms with E-state index in [1.807, 2.05) is 0 Å². The van der Waals surface area contributed by atoms with Crippen molar-refractivity contribution >= 4 is 27.1 Å². The van der Waals surface area contributed by atoms with Gasteiger partial charge in [-0.1, -0.05) is 0 Å². The molecule has 0 saturated heterocycles. The summed E-state index contributed by atoms with van der Waals surface area (Å²) >= 11 is 0. The Morgan fingerprint density at radius 2 is 2.04 bits per heavy atom. The number of benzene rings is 1. The first-order valence-corrected chi connectivity index (χ1v) is 9.88. The van der Waals surface area contributed by atoms with Crippen LogP contribution in [-0.2, 0) is 21.7 Å². The van der Waals surface area contributed by atoms with Crippen LogP contribution in [0.15, 0.2) is 23.1 Å². The number of tetrazole rings is 1. The second kappa shape index (κ2) is 6.88. The Labute approximate surface area is 154 Å². The fraction of sp³-hybridized carbons (Fsp3) is 0.400. The van der Waals surface area contributed by atoms with Gasteiger partial charge in [0.05, 0.1) is 17.5 Å². The Bertz CT molecular complexity index is 1010. The summed E-state index contributed by atoms with van der Waals surface area (Å²) in [7, 11) is -2.19. The third-order valence-corrected chi connectivity index (χ3v) is 5.33. The second-order valence-corrected chi connectivity index (χ2v) is 8.41. The summed E-state index contributed by atoms with van der Waals surface area (Å²) < 4.78 is 23.4. The van der Waals surface area contributed by atoms with Crippen LogP contribution in [0, 0.1) is 11.1 Å². The SMILES string of the molecule is Cn1nnc(C(C(=O)c2ccc(S(C)(=O)=O)cc2[NH+]([O-])O)C(=O)C2CC2)n1. The van der Waals surface area contributed by atoms with Crippen molar-refractivity contribution in [2.75, 3.05) is 6.26 Å². The fourth-order valence-electron chi connectivity index (χ4n) is 2.69. The molecule has 0 spiro atoms. The quantitative estimate of drug-likeness (QED) is 0.339. The number of hydrogen-bond acceptors (Lipinski definition) is 9. The van der Waals surface area contributed by atoms with Gasteiger partial charge in [0, 0.05) is 18.2 Å². The van der Waals surface area contributed by atoms with Crippen LogP contribution in [0.2, 0.25) is 0 Å². The third kappa shape index (κ3) is 3.93. The monoisotopic (exact) mass is 395 g/mol. The molecule has 0 bridgehead atoms. The molecule has 0 amide bonds. The van der Waals surface area contributed by atoms with E-state index in [0.29, 0.717) is 12.8 Å². The Morgan fingerprint density at radius 1 is 1.37 bits per heavy atom. The molecule has 1 aliphatic rings. The Balaban J connectivity index is 2.09. The summed E-state index contributed by atoms with van der Waals surface area (Å²) in [6.45, 7) is 0. The molecule has 12 heteroatoms. The van der Waals surface area contributed by atoms with Gasteiger partial charge < -0.3 is 5.21 Å². The van der Waals surface area contributed by atoms with Crippen molar-refractivity contribution in [3.8, 4) is 0 Å². The molecule has 2 N–H and O–H groups in total. The lowest BCUT2D eigenvalue weighted by Gasteiger charge is -2.18. The maximum absolute atomic E-state index is 13.1. The number of rotatable bonds is 7. The predicted molar refractivity (Wildman–Crippen MR) is 88.9 cm³/mol. The summed E-state index contributed by atoms with van der Waals surface area (Å²) in [5, 5.41) is 30.9. The van der Waals surface area contributed by atoms with E-state index >= 15 is 0 Å². The molecule has 1 aliphatic carbocycles. The van der Waals surface area contributed by atoms with E-state index in [0.717, 1.165) is 29.3 Å². The highest BCUT2D eigenvalue weighted by molar-refractivity contribution is 7.90. The largest absolute Gasteiger partial charge is 0.595 e. The molecule has 1 fully saturated rings. The first kappa shape index (κ1) is 19.2. The molecule has 1 aromatic carbocycles. The number of aryl methyl sites for hydroxylation is 1. The molecule has 11 nitrogen and oxygen atoms in total. The zero-order valence-corrected chi connectivity index (χ0v) is 15.3. The number of nitrogens with one attached hydrogen (secondary N) is 1. The van der Waals surface area contributed by atoms with Crippen molar-refractivity contribution < 1.29 is 28.4 Å². The molecule has 1 aromatic heterocycles. The number of aromatic nitrogens is 4. The number of carbonyl (C=O) groups is 2. The lowest BCUT2D eigenvalue weighted by Crippen LogP contribution is -2.99. The zero-order chi connectivity index (χ0) is 19.9. The van der Waals surface area contributed by atoms with Crippen LogP contribution in [0.3, 0.4) is 0 Å². The Hall–Kier alpha value is -2.54. The minimum absolute atomic E-state index is 0.108. The van der Waals surface area contributed by atoms with Crippen LogP contribution in [0.4, 0.5) is 5.69 Å². The molecule has 144 valence electrons. The van der Waals surface area contributed by atoms with Gasteiger partial charge in [0.15, 0.2) is 32.9 Å². The van der Waals surface area contributed by atoms with E-state index in [2.05, 4.69) is 15.4 Å². The highest BCUT2D eigenvalue weighted by atomic mass is 32.2. The van der Waals surface area contributed by atoms with Crippen molar-refractivity contribution in [1.82, 2.24) is 20.2 Å². The van der Waals surface area contributed by atoms with Gasteiger partial charge >= 0.3 is 0 Å². The first-order valence-electron chi connectivity index (χ1n) is 7.99. The van der Waals surface area contributed by atoms with Gasteiger partial charge in [-0.05, 0) is 30.2 Å². The molecular weight excluding hydrogens is 378 g/mol. The van der Waals surface area contributed by atoms with E-state index in [1.165, 1.54) is 7.05 Å². The van der Waals surface area contributed by atoms with E-state index in [-0.39, 0.29) is 22.2 Å². The van der Waals surface area contributed by atoms with Gasteiger partial charge in [-0.15, -0.1) is 10.2 Å². The van der Waals surface area contributed by atoms with Crippen molar-refractivity contribution in [3.63, 3.8) is 0 Å². The minimum atomic E-state index is -3.67. The van der Waals surface area contributed by atoms with E-state index in [4.69, 9.17) is 0 Å². The fourth-order valence-corrected chi connectivity index (χ4v) is 3.34. The number of sulfone groups is 1. The Kier molecular flexibility index (Phi) is 4.90. The summed E-state index contributed by atoms with van der Waals surface area (Å²) in [5.41, 5.74) is -0.776. The normalized spacial score (nSPS) is 16.7. The van der Waals surface area contributed by atoms with Crippen molar-refractivity contribution in [2.24, 2.45) is 13.0 Å². The molecule has 1 heterocycles. The molecule has 2 unspecified atom stereocenters. The summed E-state index contributed by atoms with van der Waals surface area (Å²) in [6.07, 6.45) is 2.21. The van der Waals surface area contributed by atoms with Gasteiger partial charge in [0.2, 0.25) is 0 Å². The van der Waals surface area contributed by atoms with Gasteiger partial charge in [-0.25, -0.2) is 13.6 Å². The van der Waals surface area contributed by atoms with Crippen LogP contribution in [0.25, 0.3) is 0 Å². The van der Waals surface area contributed by atoms with Gasteiger partial charge in [0.1, 0.15) is 5.92 Å². The number of ketones is 2. The Morgan fingerprint density at radius 3 is 2.52 bits per heavy atom. The van der Waals surface area contributed by atoms with Crippen LogP contribution in [-0.4, -0.2) is 51.7 Å². The molecule has 3 rings (SSSR count). The zero-order valence-electron chi connectivity index (χ0n) is 14.5. The summed E-state index contributed by atoms with van der Waals surface area (Å²) in [5.74, 6) is -2.98. The second-order valence-electron chi connectivity index (χ2n) is 6.40. The third-order valence-electron chi connectivity index (χ3n) is 4.22. The average molecular weight is 395 g/mol. The smallest absolute Gasteiger partial charge is 0.193 e. The number of nitrogens with zero attached hydrogens (tertiary/aromatic N) is 4. The predicted octanol–water partition coefficient (Wildman–Crippen LogP) is -1.04. The number of hydrogen-bond donors (Lipinski definition) is 2. The molecular formula is C15H17N5O6S. The summed E-state index contributed by atoms with van der Waals surface area (Å²) in [6, 6.07) is 3.15. The molecule has 2 atom stereocenters. The standard InChI is InChI=1S/C15H17N5O6S/c1-19-17-15(16-18-19)12(13(21)8-3-4-8)14(22)10-6-5-9(27(2,25)26)7-11(10)20(23)24/h5-8,12,20,23H,3-4H2,1-2H3. The van der Waals surface area contributed by atoms with Crippen molar-refractivity contribution in [3.05, 3.63) is 34.8 Å². The highest BCUT2D eigenvalue weighted by Gasteiger charge is 2.43. The van der Waals surface area contributed by atoms with E-state index in [1.54, 1.807) is 0 Å². The van der Waals surface area contributed by atoms with E-state index in [9.17, 15) is 28.4 Å². The van der Waals surface area contributed by atoms with Gasteiger partial charge in [0.25, 0.3) is 0 Å². The number of carbonyl (C=O) groups excluding carboxylic acids is 2. The highest BCUT2D eigenvalue weighted by Crippen LogP contribution is 2.36. The molecule has 27 heavy (non-hydrogen) atoms. The van der Waals surface area contributed by atoms with Crippen molar-refractivity contribution in [1.29, 1.82) is 0 Å². The maximum Gasteiger partial charge on any atom is 0.193 e. The lowest BCUT2D eigenvalue weighted by atomic mass is 9.90. The van der Waals surface area contributed by atoms with Gasteiger partial charge in [-0.3, -0.25) is 9.59 Å².